The Hall–Kier alpha value is -3.39. The zero-order valence-corrected chi connectivity index (χ0v) is 20.4. The number of quaternary nitrogens is 1. The Kier molecular flexibility index (Phi) is 7.94. The smallest absolute Gasteiger partial charge is 0.291 e. The number of ketones is 2. The molecule has 1 heterocycles. The molecule has 0 radical (unpaired) electrons. The topological polar surface area (TPSA) is 97.6 Å². The summed E-state index contributed by atoms with van der Waals surface area (Å²) in [5.41, 5.74) is 1.67. The number of nitrogens with one attached hydrogen (secondary N) is 1. The van der Waals surface area contributed by atoms with Crippen LogP contribution in [-0.4, -0.2) is 67.9 Å². The Balaban J connectivity index is 2.06. The van der Waals surface area contributed by atoms with Crippen molar-refractivity contribution in [2.75, 3.05) is 40.4 Å². The summed E-state index contributed by atoms with van der Waals surface area (Å²) in [6, 6.07) is 8.85. The lowest BCUT2D eigenvalue weighted by Crippen LogP contribution is -3.12. The molecule has 1 amide bonds. The van der Waals surface area contributed by atoms with Gasteiger partial charge >= 0.3 is 0 Å². The molecule has 1 fully saturated rings. The number of likely N-dealkylation sites (N-methyl/N-ethyl adjacent to an activating group) is 1. The van der Waals surface area contributed by atoms with Crippen molar-refractivity contribution >= 4 is 17.5 Å². The standard InChI is InChI=1S/C26H32N2O6/c1-6-27(7-2)12-13-28-23(17-8-10-19(29)21(15-17)34-5)22(25(31)26(28)32)24(30)18-9-11-20(33-4)16(3)14-18/h8-11,14-15,22-23,29H,6-7,12-13H2,1-5H3/p+1. The number of likely N-dealkylation sites (tertiary alicyclic amines) is 1. The predicted molar refractivity (Wildman–Crippen MR) is 127 cm³/mol. The van der Waals surface area contributed by atoms with Gasteiger partial charge in [0.05, 0.1) is 46.4 Å². The van der Waals surface area contributed by atoms with Gasteiger partial charge in [-0.1, -0.05) is 6.07 Å². The van der Waals surface area contributed by atoms with Gasteiger partial charge in [-0.05, 0) is 62.2 Å². The second-order valence-corrected chi connectivity index (χ2v) is 8.47. The third-order valence-electron chi connectivity index (χ3n) is 6.62. The van der Waals surface area contributed by atoms with Crippen LogP contribution in [0.3, 0.4) is 0 Å². The number of carbonyl (C=O) groups excluding carboxylic acids is 3. The minimum Gasteiger partial charge on any atom is -0.504 e. The highest BCUT2D eigenvalue weighted by molar-refractivity contribution is 6.44. The van der Waals surface area contributed by atoms with E-state index in [1.165, 1.54) is 23.0 Å². The molecule has 3 rings (SSSR count). The summed E-state index contributed by atoms with van der Waals surface area (Å²) in [5, 5.41) is 10.1. The van der Waals surface area contributed by atoms with Crippen LogP contribution >= 0.6 is 0 Å². The van der Waals surface area contributed by atoms with Crippen molar-refractivity contribution in [2.24, 2.45) is 5.92 Å². The fourth-order valence-corrected chi connectivity index (χ4v) is 4.57. The molecule has 2 unspecified atom stereocenters. The lowest BCUT2D eigenvalue weighted by Gasteiger charge is -2.28. The summed E-state index contributed by atoms with van der Waals surface area (Å²) >= 11 is 0. The molecule has 0 bridgehead atoms. The number of Topliss-reactive ketones (excluding diaryl/α,β-unsaturated/α-hetero) is 2. The first kappa shape index (κ1) is 25.2. The van der Waals surface area contributed by atoms with E-state index in [4.69, 9.17) is 9.47 Å². The zero-order valence-electron chi connectivity index (χ0n) is 20.4. The van der Waals surface area contributed by atoms with Crippen molar-refractivity contribution in [3.8, 4) is 17.2 Å². The quantitative estimate of drug-likeness (QED) is 0.312. The van der Waals surface area contributed by atoms with Crippen LogP contribution in [0.15, 0.2) is 36.4 Å². The van der Waals surface area contributed by atoms with E-state index < -0.39 is 29.4 Å². The average Bonchev–Trinajstić information content (AvgIpc) is 3.09. The largest absolute Gasteiger partial charge is 0.504 e. The van der Waals surface area contributed by atoms with E-state index in [0.29, 0.717) is 30.0 Å². The number of nitrogens with zero attached hydrogens (tertiary/aromatic N) is 1. The number of hydrogen-bond donors (Lipinski definition) is 2. The van der Waals surface area contributed by atoms with Crippen LogP contribution in [-0.2, 0) is 9.59 Å². The van der Waals surface area contributed by atoms with Crippen LogP contribution < -0.4 is 14.4 Å². The van der Waals surface area contributed by atoms with Crippen molar-refractivity contribution in [2.45, 2.75) is 26.8 Å². The second-order valence-electron chi connectivity index (χ2n) is 8.47. The Labute approximate surface area is 200 Å². The molecule has 2 atom stereocenters. The summed E-state index contributed by atoms with van der Waals surface area (Å²) in [7, 11) is 2.97. The number of benzene rings is 2. The monoisotopic (exact) mass is 469 g/mol. The molecule has 8 heteroatoms. The molecule has 0 spiro atoms. The molecule has 2 aromatic rings. The van der Waals surface area contributed by atoms with Gasteiger partial charge in [0.15, 0.2) is 17.3 Å². The Morgan fingerprint density at radius 2 is 1.71 bits per heavy atom. The van der Waals surface area contributed by atoms with Gasteiger partial charge in [0.2, 0.25) is 5.78 Å². The summed E-state index contributed by atoms with van der Waals surface area (Å²) in [5.74, 6) is -2.20. The van der Waals surface area contributed by atoms with Crippen LogP contribution in [0.25, 0.3) is 0 Å². The fourth-order valence-electron chi connectivity index (χ4n) is 4.57. The molecule has 0 aliphatic carbocycles. The highest BCUT2D eigenvalue weighted by atomic mass is 16.5. The van der Waals surface area contributed by atoms with Crippen molar-refractivity contribution in [1.29, 1.82) is 0 Å². The van der Waals surface area contributed by atoms with Crippen molar-refractivity contribution in [3.63, 3.8) is 0 Å². The van der Waals surface area contributed by atoms with Gasteiger partial charge in [-0.2, -0.15) is 0 Å². The minimum atomic E-state index is -1.19. The van der Waals surface area contributed by atoms with Crippen LogP contribution in [0.2, 0.25) is 0 Å². The van der Waals surface area contributed by atoms with Gasteiger partial charge in [-0.3, -0.25) is 14.4 Å². The molecule has 8 nitrogen and oxygen atoms in total. The average molecular weight is 470 g/mol. The molecular weight excluding hydrogens is 436 g/mol. The first-order valence-corrected chi connectivity index (χ1v) is 11.5. The lowest BCUT2D eigenvalue weighted by atomic mass is 9.85. The van der Waals surface area contributed by atoms with Crippen LogP contribution in [0.4, 0.5) is 0 Å². The molecule has 0 aromatic heterocycles. The summed E-state index contributed by atoms with van der Waals surface area (Å²) < 4.78 is 10.5. The number of hydrogen-bond acceptors (Lipinski definition) is 6. The number of methoxy groups -OCH3 is 2. The lowest BCUT2D eigenvalue weighted by molar-refractivity contribution is -0.895. The van der Waals surface area contributed by atoms with E-state index in [2.05, 4.69) is 13.8 Å². The number of aryl methyl sites for hydroxylation is 1. The van der Waals surface area contributed by atoms with Crippen LogP contribution in [0.1, 0.15) is 41.4 Å². The van der Waals surface area contributed by atoms with Gasteiger partial charge in [0, 0.05) is 5.56 Å². The highest BCUT2D eigenvalue weighted by Gasteiger charge is 2.51. The molecule has 1 aliphatic heterocycles. The Morgan fingerprint density at radius 3 is 2.29 bits per heavy atom. The summed E-state index contributed by atoms with van der Waals surface area (Å²) in [4.78, 5) is 42.7. The van der Waals surface area contributed by atoms with Crippen molar-refractivity contribution in [1.82, 2.24) is 4.90 Å². The molecule has 1 saturated heterocycles. The number of amides is 1. The van der Waals surface area contributed by atoms with E-state index >= 15 is 0 Å². The van der Waals surface area contributed by atoms with Crippen LogP contribution in [0, 0.1) is 12.8 Å². The first-order valence-electron chi connectivity index (χ1n) is 11.5. The number of phenolic OH excluding ortho intramolecular Hbond substituents is 1. The molecule has 182 valence electrons. The van der Waals surface area contributed by atoms with E-state index in [1.807, 2.05) is 6.92 Å². The van der Waals surface area contributed by atoms with E-state index in [-0.39, 0.29) is 11.5 Å². The van der Waals surface area contributed by atoms with Crippen molar-refractivity contribution < 1.29 is 33.9 Å². The minimum absolute atomic E-state index is 0.0605. The van der Waals surface area contributed by atoms with Gasteiger partial charge in [0.25, 0.3) is 5.91 Å². The zero-order chi connectivity index (χ0) is 25.0. The third-order valence-corrected chi connectivity index (χ3v) is 6.62. The maximum atomic E-state index is 13.6. The first-order chi connectivity index (χ1) is 16.3. The molecular formula is C26H33N2O6+. The second kappa shape index (κ2) is 10.7. The van der Waals surface area contributed by atoms with Crippen LogP contribution in [0.5, 0.6) is 17.2 Å². The third kappa shape index (κ3) is 4.77. The molecule has 0 saturated carbocycles. The Morgan fingerprint density at radius 1 is 1.03 bits per heavy atom. The summed E-state index contributed by atoms with van der Waals surface area (Å²) in [6.45, 7) is 8.71. The molecule has 2 N–H and O–H groups in total. The maximum Gasteiger partial charge on any atom is 0.291 e. The van der Waals surface area contributed by atoms with Gasteiger partial charge in [0.1, 0.15) is 11.7 Å². The number of aromatic hydroxyl groups is 1. The van der Waals surface area contributed by atoms with Crippen molar-refractivity contribution in [3.05, 3.63) is 53.1 Å². The summed E-state index contributed by atoms with van der Waals surface area (Å²) in [6.07, 6.45) is 0. The number of ether oxygens (including phenoxy) is 2. The van der Waals surface area contributed by atoms with Gasteiger partial charge < -0.3 is 24.4 Å². The van der Waals surface area contributed by atoms with E-state index in [1.54, 1.807) is 37.4 Å². The Bertz CT molecular complexity index is 1080. The fraction of sp³-hybridized carbons (Fsp3) is 0.423. The van der Waals surface area contributed by atoms with Gasteiger partial charge in [-0.15, -0.1) is 0 Å². The van der Waals surface area contributed by atoms with E-state index in [9.17, 15) is 19.5 Å². The number of carbonyl (C=O) groups is 3. The highest BCUT2D eigenvalue weighted by Crippen LogP contribution is 2.41. The van der Waals surface area contributed by atoms with Gasteiger partial charge in [-0.25, -0.2) is 0 Å². The number of phenols is 1. The molecule has 34 heavy (non-hydrogen) atoms. The van der Waals surface area contributed by atoms with E-state index in [0.717, 1.165) is 18.7 Å². The molecule has 2 aromatic carbocycles. The molecule has 1 aliphatic rings. The predicted octanol–water partition coefficient (Wildman–Crippen LogP) is 1.59. The maximum absolute atomic E-state index is 13.6. The number of rotatable bonds is 10. The normalized spacial score (nSPS) is 18.0. The SMILES string of the molecule is CC[NH+](CC)CCN1C(=O)C(=O)C(C(=O)c2ccc(OC)c(C)c2)C1c1ccc(O)c(OC)c1.